The van der Waals surface area contributed by atoms with Gasteiger partial charge in [-0.15, -0.1) is 0 Å². The highest BCUT2D eigenvalue weighted by atomic mass is 16.5. The summed E-state index contributed by atoms with van der Waals surface area (Å²) in [5.41, 5.74) is 6.60. The van der Waals surface area contributed by atoms with Crippen molar-refractivity contribution in [3.63, 3.8) is 0 Å². The van der Waals surface area contributed by atoms with Crippen LogP contribution in [0.5, 0.6) is 0 Å². The molecule has 0 aromatic carbocycles. The highest BCUT2D eigenvalue weighted by Crippen LogP contribution is 2.22. The Morgan fingerprint density at radius 3 is 3.05 bits per heavy atom. The summed E-state index contributed by atoms with van der Waals surface area (Å²) in [7, 11) is 0. The van der Waals surface area contributed by atoms with Crippen molar-refractivity contribution < 1.29 is 9.53 Å². The molecule has 5 heteroatoms. The molecule has 1 aliphatic rings. The Morgan fingerprint density at radius 1 is 1.60 bits per heavy atom. The van der Waals surface area contributed by atoms with E-state index in [1.54, 1.807) is 12.4 Å². The summed E-state index contributed by atoms with van der Waals surface area (Å²) < 4.78 is 5.59. The second kappa shape index (κ2) is 7.36. The zero-order valence-corrected chi connectivity index (χ0v) is 12.0. The van der Waals surface area contributed by atoms with Crippen LogP contribution in [0.4, 0.5) is 0 Å². The van der Waals surface area contributed by atoms with Gasteiger partial charge in [-0.1, -0.05) is 13.0 Å². The molecule has 0 spiro atoms. The lowest BCUT2D eigenvalue weighted by Crippen LogP contribution is -2.41. The Morgan fingerprint density at radius 2 is 2.45 bits per heavy atom. The molecule has 110 valence electrons. The number of carbonyl (C=O) groups excluding carboxylic acids is 1. The van der Waals surface area contributed by atoms with Gasteiger partial charge in [-0.2, -0.15) is 0 Å². The zero-order valence-electron chi connectivity index (χ0n) is 12.0. The van der Waals surface area contributed by atoms with Crippen molar-refractivity contribution in [1.29, 1.82) is 0 Å². The molecule has 0 saturated carbocycles. The number of hydrogen-bond donors (Lipinski definition) is 1. The SMILES string of the molecule is CC1CCOC1C(=O)N(CCCN)Cc1cccnc1. The van der Waals surface area contributed by atoms with E-state index in [2.05, 4.69) is 11.9 Å². The fourth-order valence-corrected chi connectivity index (χ4v) is 2.45. The maximum Gasteiger partial charge on any atom is 0.252 e. The molecule has 2 heterocycles. The van der Waals surface area contributed by atoms with E-state index in [9.17, 15) is 4.79 Å². The van der Waals surface area contributed by atoms with Gasteiger partial charge in [-0.25, -0.2) is 0 Å². The van der Waals surface area contributed by atoms with Gasteiger partial charge in [0.1, 0.15) is 6.10 Å². The van der Waals surface area contributed by atoms with Crippen molar-refractivity contribution >= 4 is 5.91 Å². The van der Waals surface area contributed by atoms with Crippen molar-refractivity contribution in [2.45, 2.75) is 32.4 Å². The second-order valence-electron chi connectivity index (χ2n) is 5.32. The van der Waals surface area contributed by atoms with Crippen molar-refractivity contribution in [2.75, 3.05) is 19.7 Å². The van der Waals surface area contributed by atoms with Crippen molar-refractivity contribution in [3.05, 3.63) is 30.1 Å². The Balaban J connectivity index is 2.04. The molecule has 1 aromatic rings. The van der Waals surface area contributed by atoms with Gasteiger partial charge in [0.25, 0.3) is 5.91 Å². The first-order valence-electron chi connectivity index (χ1n) is 7.21. The first-order chi connectivity index (χ1) is 9.72. The summed E-state index contributed by atoms with van der Waals surface area (Å²) in [6.45, 7) is 4.56. The van der Waals surface area contributed by atoms with E-state index in [1.165, 1.54) is 0 Å². The molecule has 1 saturated heterocycles. The number of pyridine rings is 1. The highest BCUT2D eigenvalue weighted by Gasteiger charge is 2.33. The van der Waals surface area contributed by atoms with Crippen LogP contribution in [0.15, 0.2) is 24.5 Å². The third-order valence-electron chi connectivity index (χ3n) is 3.67. The zero-order chi connectivity index (χ0) is 14.4. The minimum Gasteiger partial charge on any atom is -0.368 e. The summed E-state index contributed by atoms with van der Waals surface area (Å²) in [6.07, 6.45) is 4.98. The summed E-state index contributed by atoms with van der Waals surface area (Å²) >= 11 is 0. The third kappa shape index (κ3) is 3.77. The van der Waals surface area contributed by atoms with E-state index >= 15 is 0 Å². The van der Waals surface area contributed by atoms with Gasteiger partial charge in [0.15, 0.2) is 0 Å². The minimum atomic E-state index is -0.301. The van der Waals surface area contributed by atoms with Crippen molar-refractivity contribution in [1.82, 2.24) is 9.88 Å². The van der Waals surface area contributed by atoms with Gasteiger partial charge < -0.3 is 15.4 Å². The van der Waals surface area contributed by atoms with Gasteiger partial charge in [-0.05, 0) is 36.9 Å². The first-order valence-corrected chi connectivity index (χ1v) is 7.21. The molecular weight excluding hydrogens is 254 g/mol. The number of nitrogens with zero attached hydrogens (tertiary/aromatic N) is 2. The molecule has 20 heavy (non-hydrogen) atoms. The third-order valence-corrected chi connectivity index (χ3v) is 3.67. The number of aromatic nitrogens is 1. The summed E-state index contributed by atoms with van der Waals surface area (Å²) in [4.78, 5) is 18.5. The van der Waals surface area contributed by atoms with Gasteiger partial charge in [0, 0.05) is 32.1 Å². The fourth-order valence-electron chi connectivity index (χ4n) is 2.45. The van der Waals surface area contributed by atoms with E-state index in [0.29, 0.717) is 26.2 Å². The van der Waals surface area contributed by atoms with Crippen molar-refractivity contribution in [3.8, 4) is 0 Å². The number of ether oxygens (including phenoxy) is 1. The van der Waals surface area contributed by atoms with E-state index in [4.69, 9.17) is 10.5 Å². The molecule has 1 aromatic heterocycles. The molecule has 2 unspecified atom stereocenters. The summed E-state index contributed by atoms with van der Waals surface area (Å²) in [5, 5.41) is 0. The molecular formula is C15H23N3O2. The van der Waals surface area contributed by atoms with Crippen LogP contribution in [-0.4, -0.2) is 41.6 Å². The first kappa shape index (κ1) is 14.9. The molecule has 1 aliphatic heterocycles. The number of carbonyl (C=O) groups is 1. The lowest BCUT2D eigenvalue weighted by atomic mass is 10.0. The predicted octanol–water partition coefficient (Wildman–Crippen LogP) is 1.18. The normalized spacial score (nSPS) is 21.9. The smallest absolute Gasteiger partial charge is 0.252 e. The molecule has 1 amide bonds. The largest absolute Gasteiger partial charge is 0.368 e. The van der Waals surface area contributed by atoms with Crippen LogP contribution in [0.2, 0.25) is 0 Å². The quantitative estimate of drug-likeness (QED) is 0.848. The average molecular weight is 277 g/mol. The fraction of sp³-hybridized carbons (Fsp3) is 0.600. The lowest BCUT2D eigenvalue weighted by Gasteiger charge is -2.26. The Labute approximate surface area is 120 Å². The maximum absolute atomic E-state index is 12.6. The van der Waals surface area contributed by atoms with E-state index < -0.39 is 0 Å². The molecule has 2 atom stereocenters. The van der Waals surface area contributed by atoms with Crippen LogP contribution in [0, 0.1) is 5.92 Å². The number of hydrogen-bond acceptors (Lipinski definition) is 4. The molecule has 0 aliphatic carbocycles. The van der Waals surface area contributed by atoms with Crippen LogP contribution in [0.3, 0.4) is 0 Å². The molecule has 5 nitrogen and oxygen atoms in total. The predicted molar refractivity (Wildman–Crippen MR) is 76.8 cm³/mol. The van der Waals surface area contributed by atoms with Crippen LogP contribution >= 0.6 is 0 Å². The average Bonchev–Trinajstić information content (AvgIpc) is 2.90. The topological polar surface area (TPSA) is 68.5 Å². The van der Waals surface area contributed by atoms with E-state index in [0.717, 1.165) is 18.4 Å². The molecule has 2 N–H and O–H groups in total. The second-order valence-corrected chi connectivity index (χ2v) is 5.32. The Hall–Kier alpha value is -1.46. The maximum atomic E-state index is 12.6. The van der Waals surface area contributed by atoms with Gasteiger partial charge in [-0.3, -0.25) is 9.78 Å². The number of rotatable bonds is 6. The van der Waals surface area contributed by atoms with Crippen LogP contribution in [0.25, 0.3) is 0 Å². The molecule has 2 rings (SSSR count). The highest BCUT2D eigenvalue weighted by molar-refractivity contribution is 5.81. The molecule has 1 fully saturated rings. The van der Waals surface area contributed by atoms with E-state index in [-0.39, 0.29) is 17.9 Å². The monoisotopic (exact) mass is 277 g/mol. The van der Waals surface area contributed by atoms with Crippen LogP contribution in [-0.2, 0) is 16.1 Å². The van der Waals surface area contributed by atoms with Gasteiger partial charge in [0.2, 0.25) is 0 Å². The van der Waals surface area contributed by atoms with Crippen molar-refractivity contribution in [2.24, 2.45) is 11.7 Å². The van der Waals surface area contributed by atoms with Crippen LogP contribution < -0.4 is 5.73 Å². The number of amides is 1. The van der Waals surface area contributed by atoms with Gasteiger partial charge >= 0.3 is 0 Å². The summed E-state index contributed by atoms with van der Waals surface area (Å²) in [6, 6.07) is 3.87. The number of nitrogens with two attached hydrogens (primary N) is 1. The minimum absolute atomic E-state index is 0.0762. The summed E-state index contributed by atoms with van der Waals surface area (Å²) in [5.74, 6) is 0.365. The molecule has 0 radical (unpaired) electrons. The van der Waals surface area contributed by atoms with Crippen LogP contribution in [0.1, 0.15) is 25.3 Å². The van der Waals surface area contributed by atoms with Gasteiger partial charge in [0.05, 0.1) is 0 Å². The Bertz CT molecular complexity index is 424. The Kier molecular flexibility index (Phi) is 5.49. The van der Waals surface area contributed by atoms with E-state index in [1.807, 2.05) is 17.0 Å². The standard InChI is InChI=1S/C15H23N3O2/c1-12-5-9-20-14(12)15(19)18(8-3-6-16)11-13-4-2-7-17-10-13/h2,4,7,10,12,14H,3,5-6,8-9,11,16H2,1H3. The molecule has 0 bridgehead atoms. The lowest BCUT2D eigenvalue weighted by molar-refractivity contribution is -0.143.